The number of benzene rings is 1. The Hall–Kier alpha value is -2.47. The van der Waals surface area contributed by atoms with Crippen molar-refractivity contribution in [2.75, 3.05) is 11.4 Å². The zero-order valence-electron chi connectivity index (χ0n) is 12.7. The maximum absolute atomic E-state index is 14.0. The van der Waals surface area contributed by atoms with Gasteiger partial charge in [0, 0.05) is 30.5 Å². The molecule has 1 aromatic carbocycles. The van der Waals surface area contributed by atoms with Crippen molar-refractivity contribution in [1.29, 1.82) is 0 Å². The highest BCUT2D eigenvalue weighted by molar-refractivity contribution is 6.30. The summed E-state index contributed by atoms with van der Waals surface area (Å²) in [5, 5.41) is 2.98. The van der Waals surface area contributed by atoms with Gasteiger partial charge in [-0.25, -0.2) is 4.39 Å². The Bertz CT molecular complexity index is 770. The SMILES string of the molecule is O=C(NCc1cccnc1)[C@@H]1CCN(c2ccc(Cl)cc2F)C1=O. The second kappa shape index (κ2) is 6.97. The number of halogens is 2. The molecule has 3 rings (SSSR count). The second-order valence-electron chi connectivity index (χ2n) is 5.51. The predicted octanol–water partition coefficient (Wildman–Crippen LogP) is 2.54. The summed E-state index contributed by atoms with van der Waals surface area (Å²) in [7, 11) is 0. The van der Waals surface area contributed by atoms with Crippen molar-refractivity contribution in [2.45, 2.75) is 13.0 Å². The number of aromatic nitrogens is 1. The van der Waals surface area contributed by atoms with Gasteiger partial charge in [-0.1, -0.05) is 17.7 Å². The second-order valence-corrected chi connectivity index (χ2v) is 5.94. The van der Waals surface area contributed by atoms with E-state index in [2.05, 4.69) is 10.3 Å². The van der Waals surface area contributed by atoms with Crippen LogP contribution in [0.3, 0.4) is 0 Å². The van der Waals surface area contributed by atoms with Gasteiger partial charge in [0.05, 0.1) is 5.69 Å². The largest absolute Gasteiger partial charge is 0.351 e. The number of carbonyl (C=O) groups is 2. The smallest absolute Gasteiger partial charge is 0.239 e. The van der Waals surface area contributed by atoms with Crippen LogP contribution >= 0.6 is 11.6 Å². The summed E-state index contributed by atoms with van der Waals surface area (Å²) in [5.74, 6) is -2.15. The molecule has 2 aromatic rings. The van der Waals surface area contributed by atoms with E-state index in [1.807, 2.05) is 6.07 Å². The van der Waals surface area contributed by atoms with Gasteiger partial charge in [-0.05, 0) is 36.2 Å². The normalized spacial score (nSPS) is 17.2. The molecule has 2 amide bonds. The highest BCUT2D eigenvalue weighted by atomic mass is 35.5. The number of nitrogens with zero attached hydrogens (tertiary/aromatic N) is 2. The van der Waals surface area contributed by atoms with E-state index < -0.39 is 17.6 Å². The number of nitrogens with one attached hydrogen (secondary N) is 1. The first kappa shape index (κ1) is 16.4. The summed E-state index contributed by atoms with van der Waals surface area (Å²) in [6.07, 6.45) is 3.64. The van der Waals surface area contributed by atoms with E-state index in [4.69, 9.17) is 11.6 Å². The Morgan fingerprint density at radius 2 is 2.25 bits per heavy atom. The molecule has 1 N–H and O–H groups in total. The Labute approximate surface area is 143 Å². The number of pyridine rings is 1. The third-order valence-electron chi connectivity index (χ3n) is 3.91. The van der Waals surface area contributed by atoms with Crippen LogP contribution in [0, 0.1) is 11.7 Å². The molecule has 0 spiro atoms. The Morgan fingerprint density at radius 1 is 1.42 bits per heavy atom. The first-order chi connectivity index (χ1) is 11.6. The highest BCUT2D eigenvalue weighted by Crippen LogP contribution is 2.29. The fourth-order valence-corrected chi connectivity index (χ4v) is 2.84. The van der Waals surface area contributed by atoms with Crippen LogP contribution in [0.1, 0.15) is 12.0 Å². The number of carbonyl (C=O) groups excluding carboxylic acids is 2. The monoisotopic (exact) mass is 347 g/mol. The Kier molecular flexibility index (Phi) is 4.76. The standard InChI is InChI=1S/C17H15ClFN3O2/c18-12-3-4-15(14(19)8-12)22-7-5-13(17(22)24)16(23)21-10-11-2-1-6-20-9-11/h1-4,6,8-9,13H,5,7,10H2,(H,21,23)/t13-/m0/s1. The highest BCUT2D eigenvalue weighted by Gasteiger charge is 2.38. The minimum atomic E-state index is -0.809. The van der Waals surface area contributed by atoms with Crippen molar-refractivity contribution in [1.82, 2.24) is 10.3 Å². The maximum Gasteiger partial charge on any atom is 0.239 e. The molecule has 1 atom stereocenters. The third-order valence-corrected chi connectivity index (χ3v) is 4.15. The lowest BCUT2D eigenvalue weighted by Crippen LogP contribution is -2.36. The van der Waals surface area contributed by atoms with E-state index in [0.717, 1.165) is 11.6 Å². The van der Waals surface area contributed by atoms with Crippen molar-refractivity contribution in [3.63, 3.8) is 0 Å². The number of amides is 2. The van der Waals surface area contributed by atoms with Crippen molar-refractivity contribution < 1.29 is 14.0 Å². The molecule has 1 saturated heterocycles. The molecule has 0 bridgehead atoms. The van der Waals surface area contributed by atoms with Gasteiger partial charge >= 0.3 is 0 Å². The number of anilines is 1. The van der Waals surface area contributed by atoms with Gasteiger partial charge in [-0.2, -0.15) is 0 Å². The minimum Gasteiger partial charge on any atom is -0.351 e. The van der Waals surface area contributed by atoms with Crippen LogP contribution in [0.2, 0.25) is 5.02 Å². The summed E-state index contributed by atoms with van der Waals surface area (Å²) < 4.78 is 14.0. The molecular formula is C17H15ClFN3O2. The van der Waals surface area contributed by atoms with E-state index >= 15 is 0 Å². The van der Waals surface area contributed by atoms with Gasteiger partial charge in [0.15, 0.2) is 0 Å². The molecule has 7 heteroatoms. The molecule has 24 heavy (non-hydrogen) atoms. The van der Waals surface area contributed by atoms with Crippen LogP contribution in [-0.2, 0) is 16.1 Å². The predicted molar refractivity (Wildman–Crippen MR) is 88.0 cm³/mol. The first-order valence-electron chi connectivity index (χ1n) is 7.49. The average Bonchev–Trinajstić information content (AvgIpc) is 2.95. The van der Waals surface area contributed by atoms with E-state index in [-0.39, 0.29) is 16.6 Å². The summed E-state index contributed by atoms with van der Waals surface area (Å²) in [4.78, 5) is 30.0. The van der Waals surface area contributed by atoms with Crippen LogP contribution in [0.25, 0.3) is 0 Å². The van der Waals surface area contributed by atoms with Crippen LogP contribution in [-0.4, -0.2) is 23.3 Å². The van der Waals surface area contributed by atoms with Gasteiger partial charge in [-0.15, -0.1) is 0 Å². The molecule has 1 aromatic heterocycles. The van der Waals surface area contributed by atoms with Gasteiger partial charge < -0.3 is 10.2 Å². The van der Waals surface area contributed by atoms with Crippen molar-refractivity contribution in [3.05, 3.63) is 59.1 Å². The quantitative estimate of drug-likeness (QED) is 0.864. The molecule has 1 aliphatic rings. The molecule has 5 nitrogen and oxygen atoms in total. The number of hydrogen-bond donors (Lipinski definition) is 1. The van der Waals surface area contributed by atoms with Crippen molar-refractivity contribution >= 4 is 29.1 Å². The summed E-state index contributed by atoms with van der Waals surface area (Å²) >= 11 is 5.73. The topological polar surface area (TPSA) is 62.3 Å². The summed E-state index contributed by atoms with van der Waals surface area (Å²) in [6.45, 7) is 0.591. The Morgan fingerprint density at radius 3 is 2.96 bits per heavy atom. The number of hydrogen-bond acceptors (Lipinski definition) is 3. The van der Waals surface area contributed by atoms with Crippen LogP contribution in [0.4, 0.5) is 10.1 Å². The third kappa shape index (κ3) is 3.38. The molecule has 0 unspecified atom stereocenters. The first-order valence-corrected chi connectivity index (χ1v) is 7.87. The van der Waals surface area contributed by atoms with Crippen LogP contribution in [0.5, 0.6) is 0 Å². The zero-order chi connectivity index (χ0) is 17.1. The fourth-order valence-electron chi connectivity index (χ4n) is 2.68. The van der Waals surface area contributed by atoms with E-state index in [1.54, 1.807) is 18.5 Å². The lowest BCUT2D eigenvalue weighted by atomic mass is 10.1. The van der Waals surface area contributed by atoms with Gasteiger partial charge in [-0.3, -0.25) is 14.6 Å². The molecule has 0 aliphatic carbocycles. The maximum atomic E-state index is 14.0. The summed E-state index contributed by atoms with van der Waals surface area (Å²) in [5.41, 5.74) is 0.990. The molecule has 0 radical (unpaired) electrons. The van der Waals surface area contributed by atoms with E-state index in [9.17, 15) is 14.0 Å². The summed E-state index contributed by atoms with van der Waals surface area (Å²) in [6, 6.07) is 7.72. The van der Waals surface area contributed by atoms with Crippen LogP contribution < -0.4 is 10.2 Å². The lowest BCUT2D eigenvalue weighted by molar-refractivity contribution is -0.132. The Balaban J connectivity index is 1.66. The zero-order valence-corrected chi connectivity index (χ0v) is 13.5. The molecule has 2 heterocycles. The lowest BCUT2D eigenvalue weighted by Gasteiger charge is -2.17. The number of rotatable bonds is 4. The molecule has 124 valence electrons. The molecule has 1 aliphatic heterocycles. The molecule has 0 saturated carbocycles. The average molecular weight is 348 g/mol. The van der Waals surface area contributed by atoms with Crippen molar-refractivity contribution in [2.24, 2.45) is 5.92 Å². The van der Waals surface area contributed by atoms with Crippen LogP contribution in [0.15, 0.2) is 42.7 Å². The molecular weight excluding hydrogens is 333 g/mol. The minimum absolute atomic E-state index is 0.145. The van der Waals surface area contributed by atoms with Gasteiger partial charge in [0.1, 0.15) is 11.7 Å². The van der Waals surface area contributed by atoms with Gasteiger partial charge in [0.2, 0.25) is 11.8 Å². The van der Waals surface area contributed by atoms with Crippen molar-refractivity contribution in [3.8, 4) is 0 Å². The van der Waals surface area contributed by atoms with E-state index in [1.165, 1.54) is 17.0 Å². The van der Waals surface area contributed by atoms with E-state index in [0.29, 0.717) is 19.5 Å². The molecule has 1 fully saturated rings. The fraction of sp³-hybridized carbons (Fsp3) is 0.235. The van der Waals surface area contributed by atoms with Gasteiger partial charge in [0.25, 0.3) is 0 Å².